The quantitative estimate of drug-likeness (QED) is 0.815. The lowest BCUT2D eigenvalue weighted by molar-refractivity contribution is -0.153. The van der Waals surface area contributed by atoms with E-state index < -0.39 is 12.1 Å². The molecule has 1 aliphatic rings. The Labute approximate surface area is 106 Å². The van der Waals surface area contributed by atoms with Crippen LogP contribution in [-0.2, 0) is 9.53 Å². The van der Waals surface area contributed by atoms with E-state index in [0.29, 0.717) is 12.2 Å². The summed E-state index contributed by atoms with van der Waals surface area (Å²) in [5, 5.41) is 9.87. The number of esters is 1. The maximum atomic E-state index is 11.5. The maximum Gasteiger partial charge on any atom is 0.339 e. The molecule has 0 radical (unpaired) electrons. The summed E-state index contributed by atoms with van der Waals surface area (Å²) in [5.74, 6) is 0.139. The number of carbonyl (C=O) groups excluding carboxylic acids is 1. The van der Waals surface area contributed by atoms with Crippen LogP contribution in [0.5, 0.6) is 5.75 Å². The van der Waals surface area contributed by atoms with Crippen LogP contribution in [0.1, 0.15) is 18.6 Å². The van der Waals surface area contributed by atoms with Crippen LogP contribution in [0.15, 0.2) is 18.2 Å². The minimum Gasteiger partial charge on any atom is -0.490 e. The lowest BCUT2D eigenvalue weighted by atomic mass is 10.1. The molecule has 0 amide bonds. The summed E-state index contributed by atoms with van der Waals surface area (Å²) in [6.45, 7) is 3.39. The number of likely N-dealkylation sites (N-methyl/N-ethyl adjacent to an activating group) is 1. The van der Waals surface area contributed by atoms with Crippen molar-refractivity contribution >= 4 is 11.7 Å². The highest BCUT2D eigenvalue weighted by Crippen LogP contribution is 2.33. The number of nitrogens with zero attached hydrogens (tertiary/aromatic N) is 1. The number of hydrogen-bond acceptors (Lipinski definition) is 5. The van der Waals surface area contributed by atoms with Gasteiger partial charge in [-0.3, -0.25) is 0 Å². The van der Waals surface area contributed by atoms with Gasteiger partial charge in [0.25, 0.3) is 0 Å². The molecule has 0 bridgehead atoms. The van der Waals surface area contributed by atoms with Crippen molar-refractivity contribution in [1.29, 1.82) is 0 Å². The van der Waals surface area contributed by atoms with E-state index in [0.717, 1.165) is 18.0 Å². The van der Waals surface area contributed by atoms with E-state index in [2.05, 4.69) is 0 Å². The van der Waals surface area contributed by atoms with Gasteiger partial charge in [0.1, 0.15) is 12.4 Å². The Morgan fingerprint density at radius 3 is 3.11 bits per heavy atom. The first-order chi connectivity index (χ1) is 8.63. The number of aliphatic hydroxyl groups excluding tert-OH is 1. The molecule has 5 heteroatoms. The predicted octanol–water partition coefficient (Wildman–Crippen LogP) is 1.11. The van der Waals surface area contributed by atoms with E-state index in [1.165, 1.54) is 0 Å². The van der Waals surface area contributed by atoms with Crippen molar-refractivity contribution in [3.63, 3.8) is 0 Å². The monoisotopic (exact) mass is 251 g/mol. The highest BCUT2D eigenvalue weighted by atomic mass is 16.5. The molecule has 0 saturated carbocycles. The lowest BCUT2D eigenvalue weighted by Crippen LogP contribution is -2.29. The van der Waals surface area contributed by atoms with Gasteiger partial charge in [-0.05, 0) is 24.6 Å². The summed E-state index contributed by atoms with van der Waals surface area (Å²) in [6, 6.07) is 5.21. The van der Waals surface area contributed by atoms with Crippen molar-refractivity contribution < 1.29 is 19.4 Å². The fourth-order valence-corrected chi connectivity index (χ4v) is 1.90. The highest BCUT2D eigenvalue weighted by Gasteiger charge is 2.22. The van der Waals surface area contributed by atoms with E-state index in [1.54, 1.807) is 25.1 Å². The van der Waals surface area contributed by atoms with Crippen molar-refractivity contribution in [1.82, 2.24) is 0 Å². The smallest absolute Gasteiger partial charge is 0.339 e. The third-order valence-corrected chi connectivity index (χ3v) is 2.90. The molecule has 0 aliphatic carbocycles. The average Bonchev–Trinajstić information content (AvgIpc) is 2.38. The van der Waals surface area contributed by atoms with Gasteiger partial charge in [0, 0.05) is 7.05 Å². The van der Waals surface area contributed by atoms with Gasteiger partial charge < -0.3 is 19.5 Å². The molecule has 1 aliphatic heterocycles. The van der Waals surface area contributed by atoms with Crippen molar-refractivity contribution in [2.75, 3.05) is 31.7 Å². The SMILES string of the molecule is CCOC(=O)C(O)c1ccc2c(c1)N(C)CCO2. The van der Waals surface area contributed by atoms with Gasteiger partial charge in [0.15, 0.2) is 6.10 Å². The average molecular weight is 251 g/mol. The third kappa shape index (κ3) is 2.41. The highest BCUT2D eigenvalue weighted by molar-refractivity contribution is 5.77. The largest absolute Gasteiger partial charge is 0.490 e. The number of ether oxygens (including phenoxy) is 2. The molecule has 1 N–H and O–H groups in total. The molecule has 0 spiro atoms. The molecule has 98 valence electrons. The Hall–Kier alpha value is -1.75. The molecular formula is C13H17NO4. The van der Waals surface area contributed by atoms with Crippen molar-refractivity contribution in [3.8, 4) is 5.75 Å². The number of aliphatic hydroxyl groups is 1. The molecule has 1 aromatic carbocycles. The van der Waals surface area contributed by atoms with Gasteiger partial charge in [-0.2, -0.15) is 0 Å². The molecule has 5 nitrogen and oxygen atoms in total. The summed E-state index contributed by atoms with van der Waals surface area (Å²) in [4.78, 5) is 13.5. The van der Waals surface area contributed by atoms with Crippen molar-refractivity contribution in [2.45, 2.75) is 13.0 Å². The molecule has 1 heterocycles. The fourth-order valence-electron chi connectivity index (χ4n) is 1.90. The molecule has 0 aromatic heterocycles. The van der Waals surface area contributed by atoms with Gasteiger partial charge in [0.2, 0.25) is 0 Å². The summed E-state index contributed by atoms with van der Waals surface area (Å²) >= 11 is 0. The Kier molecular flexibility index (Phi) is 3.72. The third-order valence-electron chi connectivity index (χ3n) is 2.90. The molecule has 0 fully saturated rings. The molecule has 2 rings (SSSR count). The molecule has 18 heavy (non-hydrogen) atoms. The van der Waals surface area contributed by atoms with Crippen LogP contribution in [0, 0.1) is 0 Å². The second kappa shape index (κ2) is 5.27. The maximum absolute atomic E-state index is 11.5. The Morgan fingerprint density at radius 1 is 1.61 bits per heavy atom. The topological polar surface area (TPSA) is 59.0 Å². The van der Waals surface area contributed by atoms with Crippen LogP contribution >= 0.6 is 0 Å². The van der Waals surface area contributed by atoms with Gasteiger partial charge in [-0.15, -0.1) is 0 Å². The first-order valence-electron chi connectivity index (χ1n) is 5.96. The second-order valence-electron chi connectivity index (χ2n) is 4.15. The molecule has 1 unspecified atom stereocenters. The van der Waals surface area contributed by atoms with Crippen LogP contribution < -0.4 is 9.64 Å². The van der Waals surface area contributed by atoms with E-state index >= 15 is 0 Å². The van der Waals surface area contributed by atoms with Gasteiger partial charge in [0.05, 0.1) is 18.8 Å². The van der Waals surface area contributed by atoms with Crippen molar-refractivity contribution in [3.05, 3.63) is 23.8 Å². The van der Waals surface area contributed by atoms with Crippen LogP contribution in [-0.4, -0.2) is 37.9 Å². The van der Waals surface area contributed by atoms with Crippen LogP contribution in [0.4, 0.5) is 5.69 Å². The van der Waals surface area contributed by atoms with Crippen LogP contribution in [0.25, 0.3) is 0 Å². The fraction of sp³-hybridized carbons (Fsp3) is 0.462. The molecule has 0 saturated heterocycles. The standard InChI is InChI=1S/C13H17NO4/c1-3-17-13(16)12(15)9-4-5-11-10(8-9)14(2)6-7-18-11/h4-5,8,12,15H,3,6-7H2,1-2H3. The number of fused-ring (bicyclic) bond motifs is 1. The minimum absolute atomic E-state index is 0.254. The zero-order valence-electron chi connectivity index (χ0n) is 10.5. The second-order valence-corrected chi connectivity index (χ2v) is 4.15. The first kappa shape index (κ1) is 12.7. The van der Waals surface area contributed by atoms with E-state index in [1.807, 2.05) is 11.9 Å². The zero-order chi connectivity index (χ0) is 13.1. The molecule has 1 aromatic rings. The number of rotatable bonds is 3. The molecule has 1 atom stereocenters. The van der Waals surface area contributed by atoms with Crippen LogP contribution in [0.3, 0.4) is 0 Å². The summed E-state index contributed by atoms with van der Waals surface area (Å²) < 4.78 is 10.3. The normalized spacial score (nSPS) is 15.6. The van der Waals surface area contributed by atoms with E-state index in [-0.39, 0.29) is 6.61 Å². The minimum atomic E-state index is -1.24. The summed E-state index contributed by atoms with van der Waals surface area (Å²) in [6.07, 6.45) is -1.24. The van der Waals surface area contributed by atoms with E-state index in [4.69, 9.17) is 9.47 Å². The van der Waals surface area contributed by atoms with E-state index in [9.17, 15) is 9.90 Å². The summed E-state index contributed by atoms with van der Waals surface area (Å²) in [7, 11) is 1.95. The Balaban J connectivity index is 2.25. The lowest BCUT2D eigenvalue weighted by Gasteiger charge is -2.28. The van der Waals surface area contributed by atoms with Gasteiger partial charge in [-0.25, -0.2) is 4.79 Å². The Bertz CT molecular complexity index is 447. The number of anilines is 1. The number of hydrogen-bond donors (Lipinski definition) is 1. The van der Waals surface area contributed by atoms with Gasteiger partial charge in [-0.1, -0.05) is 6.07 Å². The number of carbonyl (C=O) groups is 1. The zero-order valence-corrected chi connectivity index (χ0v) is 10.5. The predicted molar refractivity (Wildman–Crippen MR) is 66.8 cm³/mol. The number of benzene rings is 1. The van der Waals surface area contributed by atoms with Crippen LogP contribution in [0.2, 0.25) is 0 Å². The molecular weight excluding hydrogens is 234 g/mol. The van der Waals surface area contributed by atoms with Gasteiger partial charge >= 0.3 is 5.97 Å². The Morgan fingerprint density at radius 2 is 2.39 bits per heavy atom. The first-order valence-corrected chi connectivity index (χ1v) is 5.96. The summed E-state index contributed by atoms with van der Waals surface area (Å²) in [5.41, 5.74) is 1.40. The van der Waals surface area contributed by atoms with Crippen molar-refractivity contribution in [2.24, 2.45) is 0 Å².